The molecule has 0 amide bonds. The minimum absolute atomic E-state index is 0.0884. The summed E-state index contributed by atoms with van der Waals surface area (Å²) in [5.74, 6) is 0.209. The highest BCUT2D eigenvalue weighted by Gasteiger charge is 2.40. The van der Waals surface area contributed by atoms with Gasteiger partial charge in [0.2, 0.25) is 0 Å². The molecule has 0 saturated heterocycles. The highest BCUT2D eigenvalue weighted by molar-refractivity contribution is 6.11. The lowest BCUT2D eigenvalue weighted by molar-refractivity contribution is -0.111. The molecule has 0 aromatic heterocycles. The lowest BCUT2D eigenvalue weighted by Crippen LogP contribution is -2.27. The predicted octanol–water partition coefficient (Wildman–Crippen LogP) is 9.95. The molecule has 0 spiro atoms. The summed E-state index contributed by atoms with van der Waals surface area (Å²) in [5, 5.41) is 0. The molecule has 222 valence electrons. The fourth-order valence-electron chi connectivity index (χ4n) is 7.18. The molecule has 2 aromatic rings. The number of Topliss-reactive ketones (excluding diaryl/α,β-unsaturated/α-hetero) is 1. The predicted molar refractivity (Wildman–Crippen MR) is 179 cm³/mol. The first kappa shape index (κ1) is 30.1. The molecule has 1 saturated carbocycles. The second kappa shape index (κ2) is 12.5. The molecule has 2 aromatic carbocycles. The highest BCUT2D eigenvalue weighted by Crippen LogP contribution is 2.49. The van der Waals surface area contributed by atoms with Crippen LogP contribution in [0.2, 0.25) is 0 Å². The van der Waals surface area contributed by atoms with Crippen LogP contribution in [0.25, 0.3) is 0 Å². The van der Waals surface area contributed by atoms with Crippen LogP contribution in [0.1, 0.15) is 104 Å². The van der Waals surface area contributed by atoms with Crippen LogP contribution in [0.3, 0.4) is 0 Å². The van der Waals surface area contributed by atoms with E-state index < -0.39 is 0 Å². The number of anilines is 2. The van der Waals surface area contributed by atoms with Gasteiger partial charge in [-0.1, -0.05) is 116 Å². The number of para-hydroxylation sites is 2. The van der Waals surface area contributed by atoms with Crippen molar-refractivity contribution in [2.75, 3.05) is 22.9 Å². The number of carbonyl (C=O) groups is 1. The Morgan fingerprint density at radius 1 is 0.619 bits per heavy atom. The third kappa shape index (κ3) is 5.55. The number of carbonyl (C=O) groups excluding carboxylic acids is 1. The number of rotatable bonds is 10. The molecule has 2 aliphatic heterocycles. The van der Waals surface area contributed by atoms with Crippen molar-refractivity contribution < 1.29 is 4.79 Å². The number of ketones is 1. The summed E-state index contributed by atoms with van der Waals surface area (Å²) in [4.78, 5) is 18.6. The number of hydrogen-bond acceptors (Lipinski definition) is 3. The molecule has 42 heavy (non-hydrogen) atoms. The van der Waals surface area contributed by atoms with Crippen molar-refractivity contribution in [1.82, 2.24) is 0 Å². The van der Waals surface area contributed by atoms with E-state index in [-0.39, 0.29) is 16.6 Å². The van der Waals surface area contributed by atoms with E-state index in [1.54, 1.807) is 0 Å². The standard InChI is InChI=1S/C39H50N2O/c1-7-9-15-27-40-33-19-13-11-17-31(33)38(3,4)35(40)25-23-29-21-22-30(37(29)42)24-26-36-39(5,6)32-18-12-14-20-34(32)41(36)28-16-10-8-2/h11-14,17-20,23-26H,7-10,15-16,21-22,27-28H2,1-6H3/b29-23+,30-24+,35-25+,36-26+. The van der Waals surface area contributed by atoms with Crippen LogP contribution in [0.15, 0.2) is 95.4 Å². The van der Waals surface area contributed by atoms with Crippen LogP contribution in [-0.4, -0.2) is 18.9 Å². The number of fused-ring (bicyclic) bond motifs is 2. The van der Waals surface area contributed by atoms with E-state index in [0.29, 0.717) is 0 Å². The topological polar surface area (TPSA) is 23.6 Å². The fraction of sp³-hybridized carbons (Fsp3) is 0.462. The Morgan fingerprint density at radius 2 is 1.02 bits per heavy atom. The molecule has 2 heterocycles. The monoisotopic (exact) mass is 562 g/mol. The molecule has 3 heteroatoms. The van der Waals surface area contributed by atoms with Gasteiger partial charge in [-0.2, -0.15) is 0 Å². The molecule has 3 nitrogen and oxygen atoms in total. The quantitative estimate of drug-likeness (QED) is 0.213. The van der Waals surface area contributed by atoms with Gasteiger partial charge in [-0.3, -0.25) is 4.79 Å². The first-order valence-corrected chi connectivity index (χ1v) is 16.3. The normalized spacial score (nSPS) is 22.7. The van der Waals surface area contributed by atoms with Crippen LogP contribution in [0, 0.1) is 0 Å². The molecular weight excluding hydrogens is 512 g/mol. The van der Waals surface area contributed by atoms with E-state index in [0.717, 1.165) is 37.1 Å². The zero-order valence-electron chi connectivity index (χ0n) is 26.8. The minimum Gasteiger partial charge on any atom is -0.344 e. The molecule has 1 fully saturated rings. The minimum atomic E-state index is -0.0884. The summed E-state index contributed by atoms with van der Waals surface area (Å²) in [6, 6.07) is 17.6. The maximum Gasteiger partial charge on any atom is 0.185 e. The molecule has 0 bridgehead atoms. The first-order chi connectivity index (χ1) is 20.2. The summed E-state index contributed by atoms with van der Waals surface area (Å²) in [5.41, 5.74) is 9.67. The maximum atomic E-state index is 13.6. The SMILES string of the molecule is CCCCCN1/C(=C/C=C2\CC/C(=C\C=C3\N(CCCCC)c4ccccc4C3(C)C)C2=O)C(C)(C)c2ccccc21. The summed E-state index contributed by atoms with van der Waals surface area (Å²) >= 11 is 0. The van der Waals surface area contributed by atoms with Crippen LogP contribution in [0.5, 0.6) is 0 Å². The second-order valence-corrected chi connectivity index (χ2v) is 13.3. The Kier molecular flexibility index (Phi) is 8.97. The van der Waals surface area contributed by atoms with Gasteiger partial charge in [0.1, 0.15) is 0 Å². The first-order valence-electron chi connectivity index (χ1n) is 16.3. The van der Waals surface area contributed by atoms with Crippen LogP contribution in [-0.2, 0) is 15.6 Å². The maximum absolute atomic E-state index is 13.6. The van der Waals surface area contributed by atoms with Crippen LogP contribution >= 0.6 is 0 Å². The van der Waals surface area contributed by atoms with Crippen molar-refractivity contribution in [1.29, 1.82) is 0 Å². The van der Waals surface area contributed by atoms with E-state index in [2.05, 4.69) is 124 Å². The van der Waals surface area contributed by atoms with Gasteiger partial charge in [0, 0.05) is 57.8 Å². The van der Waals surface area contributed by atoms with E-state index in [1.165, 1.54) is 72.4 Å². The summed E-state index contributed by atoms with van der Waals surface area (Å²) in [6.07, 6.45) is 17.6. The van der Waals surface area contributed by atoms with E-state index in [1.807, 2.05) is 0 Å². The highest BCUT2D eigenvalue weighted by atomic mass is 16.1. The van der Waals surface area contributed by atoms with Gasteiger partial charge in [0.15, 0.2) is 5.78 Å². The van der Waals surface area contributed by atoms with E-state index in [9.17, 15) is 4.79 Å². The Hall–Kier alpha value is -3.33. The Balaban J connectivity index is 1.41. The molecule has 1 aliphatic carbocycles. The number of hydrogen-bond donors (Lipinski definition) is 0. The van der Waals surface area contributed by atoms with Crippen molar-refractivity contribution in [2.24, 2.45) is 0 Å². The molecule has 5 rings (SSSR count). The summed E-state index contributed by atoms with van der Waals surface area (Å²) in [7, 11) is 0. The summed E-state index contributed by atoms with van der Waals surface area (Å²) in [6.45, 7) is 15.8. The fourth-order valence-corrected chi connectivity index (χ4v) is 7.18. The smallest absolute Gasteiger partial charge is 0.185 e. The number of nitrogens with zero attached hydrogens (tertiary/aromatic N) is 2. The van der Waals surface area contributed by atoms with Crippen molar-refractivity contribution in [3.05, 3.63) is 107 Å². The molecule has 0 radical (unpaired) electrons. The third-order valence-corrected chi connectivity index (χ3v) is 9.70. The lowest BCUT2D eigenvalue weighted by Gasteiger charge is -2.27. The lowest BCUT2D eigenvalue weighted by atomic mass is 9.83. The number of unbranched alkanes of at least 4 members (excludes halogenated alkanes) is 4. The van der Waals surface area contributed by atoms with E-state index in [4.69, 9.17) is 0 Å². The van der Waals surface area contributed by atoms with Crippen molar-refractivity contribution in [3.63, 3.8) is 0 Å². The molecule has 0 atom stereocenters. The average molecular weight is 563 g/mol. The van der Waals surface area contributed by atoms with E-state index >= 15 is 0 Å². The Morgan fingerprint density at radius 3 is 1.43 bits per heavy atom. The average Bonchev–Trinajstić information content (AvgIpc) is 3.51. The second-order valence-electron chi connectivity index (χ2n) is 13.3. The molecule has 0 N–H and O–H groups in total. The van der Waals surface area contributed by atoms with Gasteiger partial charge >= 0.3 is 0 Å². The number of benzene rings is 2. The summed E-state index contributed by atoms with van der Waals surface area (Å²) < 4.78 is 0. The zero-order chi connectivity index (χ0) is 29.9. The Labute approximate surface area is 254 Å². The van der Waals surface area contributed by atoms with Crippen LogP contribution < -0.4 is 9.80 Å². The van der Waals surface area contributed by atoms with Gasteiger partial charge in [0.05, 0.1) is 0 Å². The largest absolute Gasteiger partial charge is 0.344 e. The zero-order valence-corrected chi connectivity index (χ0v) is 26.8. The van der Waals surface area contributed by atoms with Gasteiger partial charge in [-0.15, -0.1) is 0 Å². The van der Waals surface area contributed by atoms with Gasteiger partial charge in [-0.25, -0.2) is 0 Å². The molecule has 3 aliphatic rings. The molecule has 0 unspecified atom stereocenters. The van der Waals surface area contributed by atoms with Gasteiger partial charge in [-0.05, 0) is 61.1 Å². The number of allylic oxidation sites excluding steroid dienone is 8. The van der Waals surface area contributed by atoms with Crippen molar-refractivity contribution in [2.45, 2.75) is 104 Å². The van der Waals surface area contributed by atoms with Crippen LogP contribution in [0.4, 0.5) is 11.4 Å². The third-order valence-electron chi connectivity index (χ3n) is 9.70. The molecular formula is C39H50N2O. The Bertz CT molecular complexity index is 1330. The van der Waals surface area contributed by atoms with Gasteiger partial charge < -0.3 is 9.80 Å². The van der Waals surface area contributed by atoms with Gasteiger partial charge in [0.25, 0.3) is 0 Å². The van der Waals surface area contributed by atoms with Crippen molar-refractivity contribution >= 4 is 17.2 Å². The van der Waals surface area contributed by atoms with Crippen molar-refractivity contribution in [3.8, 4) is 0 Å².